The Morgan fingerprint density at radius 1 is 1.11 bits per heavy atom. The molecule has 0 amide bonds. The van der Waals surface area contributed by atoms with Gasteiger partial charge in [-0.25, -0.2) is 0 Å². The number of nitrogens with zero attached hydrogens (tertiary/aromatic N) is 1. The van der Waals surface area contributed by atoms with E-state index in [0.29, 0.717) is 0 Å². The minimum atomic E-state index is -2.51. The van der Waals surface area contributed by atoms with E-state index < -0.39 is 27.8 Å². The van der Waals surface area contributed by atoms with Crippen molar-refractivity contribution in [2.24, 2.45) is 5.92 Å². The number of para-hydroxylation sites is 1. The van der Waals surface area contributed by atoms with Gasteiger partial charge in [-0.2, -0.15) is 0 Å². The molecule has 0 saturated heterocycles. The van der Waals surface area contributed by atoms with Crippen molar-refractivity contribution in [1.82, 2.24) is 0 Å². The number of ether oxygens (including phenoxy) is 1. The first-order chi connectivity index (χ1) is 13.3. The van der Waals surface area contributed by atoms with Gasteiger partial charge in [0.15, 0.2) is 0 Å². The number of ketones is 1. The van der Waals surface area contributed by atoms with Crippen LogP contribution < -0.4 is 4.74 Å². The molecule has 28 heavy (non-hydrogen) atoms. The lowest BCUT2D eigenvalue weighted by Crippen LogP contribution is -2.48. The number of aliphatic hydroxyl groups is 2. The number of hydrogen-bond donors (Lipinski definition) is 2. The van der Waals surface area contributed by atoms with E-state index >= 15 is 0 Å². The second-order valence-corrected chi connectivity index (χ2v) is 6.92. The van der Waals surface area contributed by atoms with Crippen molar-refractivity contribution in [3.8, 4) is 5.75 Å². The third kappa shape index (κ3) is 2.70. The monoisotopic (exact) mass is 385 g/mol. The van der Waals surface area contributed by atoms with Crippen LogP contribution in [0.5, 0.6) is 5.75 Å². The fraction of sp³-hybridized carbons (Fsp3) is 0.381. The number of Topliss-reactive ketones (excluding diaryl/α,β-unsaturated/α-hetero) is 1. The minimum Gasteiger partial charge on any atom is -0.453 e. The summed E-state index contributed by atoms with van der Waals surface area (Å²) in [5, 5.41) is 33.0. The van der Waals surface area contributed by atoms with Crippen LogP contribution >= 0.6 is 0 Å². The van der Waals surface area contributed by atoms with Gasteiger partial charge in [0.2, 0.25) is 11.4 Å². The zero-order valence-electron chi connectivity index (χ0n) is 16.0. The average Bonchev–Trinajstić information content (AvgIpc) is 3.42. The second-order valence-electron chi connectivity index (χ2n) is 6.92. The Labute approximate surface area is 162 Å². The molecule has 7 nitrogen and oxygen atoms in total. The third-order valence-electron chi connectivity index (χ3n) is 5.04. The molecule has 2 atom stereocenters. The Hall–Kier alpha value is -2.77. The van der Waals surface area contributed by atoms with Crippen LogP contribution in [0.25, 0.3) is 0 Å². The molecule has 2 aliphatic carbocycles. The molecule has 1 fully saturated rings. The second kappa shape index (κ2) is 7.00. The van der Waals surface area contributed by atoms with Crippen LogP contribution in [0.3, 0.4) is 0 Å². The Balaban J connectivity index is 0.000000328. The molecule has 1 saturated carbocycles. The summed E-state index contributed by atoms with van der Waals surface area (Å²) in [5.41, 5.74) is -3.21. The summed E-state index contributed by atoms with van der Waals surface area (Å²) in [4.78, 5) is 23.1. The van der Waals surface area contributed by atoms with Crippen molar-refractivity contribution >= 4 is 11.5 Å². The molecule has 2 aromatic carbocycles. The molecule has 0 aromatic heterocycles. The fourth-order valence-corrected chi connectivity index (χ4v) is 3.38. The summed E-state index contributed by atoms with van der Waals surface area (Å²) in [5.74, 6) is -2.13. The number of carbonyl (C=O) groups excluding carboxylic acids is 1. The van der Waals surface area contributed by atoms with Crippen molar-refractivity contribution in [1.29, 1.82) is 0 Å². The maximum absolute atomic E-state index is 12.6. The number of hydrogen-bond acceptors (Lipinski definition) is 6. The largest absolute Gasteiger partial charge is 0.453 e. The van der Waals surface area contributed by atoms with Crippen LogP contribution in [0.15, 0.2) is 42.5 Å². The molecule has 2 unspecified atom stereocenters. The zero-order valence-corrected chi connectivity index (χ0v) is 16.0. The van der Waals surface area contributed by atoms with Gasteiger partial charge in [0.05, 0.1) is 4.92 Å². The first kappa shape index (κ1) is 20.0. The molecular weight excluding hydrogens is 362 g/mol. The van der Waals surface area contributed by atoms with Crippen LogP contribution in [-0.2, 0) is 11.4 Å². The van der Waals surface area contributed by atoms with E-state index in [4.69, 9.17) is 4.74 Å². The maximum Gasteiger partial charge on any atom is 0.283 e. The molecule has 7 heteroatoms. The Kier molecular flexibility index (Phi) is 4.99. The molecule has 3 aliphatic rings. The van der Waals surface area contributed by atoms with Gasteiger partial charge in [-0.05, 0) is 12.0 Å². The molecule has 1 heterocycles. The summed E-state index contributed by atoms with van der Waals surface area (Å²) in [6.45, 7) is 6.28. The van der Waals surface area contributed by atoms with E-state index in [1.54, 1.807) is 12.1 Å². The Morgan fingerprint density at radius 2 is 1.71 bits per heavy atom. The van der Waals surface area contributed by atoms with Gasteiger partial charge in [-0.15, -0.1) is 0 Å². The molecule has 0 radical (unpaired) electrons. The smallest absolute Gasteiger partial charge is 0.283 e. The molecule has 2 N–H and O–H groups in total. The maximum atomic E-state index is 12.6. The predicted molar refractivity (Wildman–Crippen MR) is 102 cm³/mol. The molecular formula is C21H23NO6. The van der Waals surface area contributed by atoms with Crippen LogP contribution in [0.2, 0.25) is 0 Å². The zero-order chi connectivity index (χ0) is 20.7. The number of rotatable bonds is 1. The average molecular weight is 385 g/mol. The number of benzene rings is 2. The number of nitro benzene ring substituents is 1. The molecule has 0 spiro atoms. The number of nitro groups is 1. The van der Waals surface area contributed by atoms with Crippen molar-refractivity contribution in [2.45, 2.75) is 45.0 Å². The van der Waals surface area contributed by atoms with Crippen molar-refractivity contribution in [3.05, 3.63) is 69.3 Å². The number of carbonyl (C=O) groups is 1. The highest BCUT2D eigenvalue weighted by molar-refractivity contribution is 6.10. The first-order valence-corrected chi connectivity index (χ1v) is 9.36. The third-order valence-corrected chi connectivity index (χ3v) is 5.04. The van der Waals surface area contributed by atoms with Crippen molar-refractivity contribution < 1.29 is 24.7 Å². The number of fused-ring (bicyclic) bond motifs is 5. The first-order valence-electron chi connectivity index (χ1n) is 9.36. The quantitative estimate of drug-likeness (QED) is 0.573. The van der Waals surface area contributed by atoms with E-state index in [-0.39, 0.29) is 22.4 Å². The van der Waals surface area contributed by atoms with Gasteiger partial charge < -0.3 is 14.9 Å². The summed E-state index contributed by atoms with van der Waals surface area (Å²) < 4.78 is 5.39. The van der Waals surface area contributed by atoms with E-state index in [2.05, 4.69) is 6.92 Å². The van der Waals surface area contributed by atoms with E-state index in [0.717, 1.165) is 12.0 Å². The molecule has 148 valence electrons. The summed E-state index contributed by atoms with van der Waals surface area (Å²) >= 11 is 0. The summed E-state index contributed by atoms with van der Waals surface area (Å²) in [6.07, 6.45) is 2.97. The Bertz CT molecular complexity index is 938. The lowest BCUT2D eigenvalue weighted by molar-refractivity contribution is -0.388. The standard InChI is InChI=1S/C15H9NO6.C4H8.C2H6/c17-13-8-4-3-6-10(16(20)21)12(8)15(19)14(13,18)9-5-1-2-7-11(9)22-15;1-4-2-3-4;1-2/h1-7,18-19H;4H,2-3H2,1H3;1-2H3. The van der Waals surface area contributed by atoms with Crippen LogP contribution in [0, 0.1) is 16.0 Å². The van der Waals surface area contributed by atoms with E-state index in [1.807, 2.05) is 13.8 Å². The fourth-order valence-electron chi connectivity index (χ4n) is 3.38. The molecule has 2 aromatic rings. The SMILES string of the molecule is CC.CC1CC1.O=C1c2cccc([N+](=O)[O-])c2C2(O)Oc3ccccc3C12O. The highest BCUT2D eigenvalue weighted by Crippen LogP contribution is 2.59. The molecule has 5 rings (SSSR count). The minimum absolute atomic E-state index is 0.0907. The Morgan fingerprint density at radius 3 is 2.29 bits per heavy atom. The van der Waals surface area contributed by atoms with Crippen LogP contribution in [0.4, 0.5) is 5.69 Å². The highest BCUT2D eigenvalue weighted by atomic mass is 16.7. The van der Waals surface area contributed by atoms with E-state index in [1.165, 1.54) is 37.1 Å². The molecule has 0 bridgehead atoms. The summed E-state index contributed by atoms with van der Waals surface area (Å²) in [6, 6.07) is 9.92. The van der Waals surface area contributed by atoms with Gasteiger partial charge >= 0.3 is 0 Å². The topological polar surface area (TPSA) is 110 Å². The molecule has 1 aliphatic heterocycles. The normalized spacial score (nSPS) is 25.8. The predicted octanol–water partition coefficient (Wildman–Crippen LogP) is 3.66. The van der Waals surface area contributed by atoms with Gasteiger partial charge in [0.1, 0.15) is 11.3 Å². The highest BCUT2D eigenvalue weighted by Gasteiger charge is 2.72. The van der Waals surface area contributed by atoms with Gasteiger partial charge in [-0.3, -0.25) is 14.9 Å². The van der Waals surface area contributed by atoms with Crippen molar-refractivity contribution in [3.63, 3.8) is 0 Å². The van der Waals surface area contributed by atoms with Crippen molar-refractivity contribution in [2.75, 3.05) is 0 Å². The summed E-state index contributed by atoms with van der Waals surface area (Å²) in [7, 11) is 0. The van der Waals surface area contributed by atoms with Crippen LogP contribution in [0.1, 0.15) is 55.1 Å². The van der Waals surface area contributed by atoms with Gasteiger partial charge in [-0.1, -0.05) is 63.9 Å². The van der Waals surface area contributed by atoms with Crippen LogP contribution in [-0.4, -0.2) is 20.9 Å². The lowest BCUT2D eigenvalue weighted by atomic mass is 9.87. The van der Waals surface area contributed by atoms with Gasteiger partial charge in [0, 0.05) is 17.2 Å². The lowest BCUT2D eigenvalue weighted by Gasteiger charge is -2.28. The van der Waals surface area contributed by atoms with E-state index in [9.17, 15) is 25.1 Å². The van der Waals surface area contributed by atoms with Gasteiger partial charge in [0.25, 0.3) is 11.5 Å².